The Kier molecular flexibility index (Phi) is 6.11. The van der Waals surface area contributed by atoms with Crippen LogP contribution in [-0.2, 0) is 16.1 Å². The second kappa shape index (κ2) is 9.53. The highest BCUT2D eigenvalue weighted by Crippen LogP contribution is 2.41. The molecular weight excluding hydrogens is 468 g/mol. The number of nitro groups is 1. The van der Waals surface area contributed by atoms with Crippen LogP contribution in [0.5, 0.6) is 11.5 Å². The fourth-order valence-electron chi connectivity index (χ4n) is 4.45. The number of nitrogens with zero attached hydrogens (tertiary/aromatic N) is 4. The van der Waals surface area contributed by atoms with Gasteiger partial charge in [-0.05, 0) is 30.2 Å². The van der Waals surface area contributed by atoms with Gasteiger partial charge in [0, 0.05) is 43.2 Å². The lowest BCUT2D eigenvalue weighted by Crippen LogP contribution is -2.31. The van der Waals surface area contributed by atoms with E-state index in [2.05, 4.69) is 4.98 Å². The lowest BCUT2D eigenvalue weighted by Gasteiger charge is -2.25. The van der Waals surface area contributed by atoms with Crippen LogP contribution in [0.1, 0.15) is 23.6 Å². The van der Waals surface area contributed by atoms with E-state index >= 15 is 0 Å². The quantitative estimate of drug-likeness (QED) is 0.175. The Hall–Kier alpha value is -4.67. The highest BCUT2D eigenvalue weighted by Gasteiger charge is 2.46. The van der Waals surface area contributed by atoms with Crippen molar-refractivity contribution in [2.45, 2.75) is 19.0 Å². The Balaban J connectivity index is 1.56. The number of hydrogen-bond donors (Lipinski definition) is 1. The Bertz CT molecular complexity index is 1370. The highest BCUT2D eigenvalue weighted by atomic mass is 16.6. The summed E-state index contributed by atoms with van der Waals surface area (Å²) in [6.07, 6.45) is 5.57. The molecule has 0 bridgehead atoms. The fraction of sp³-hybridized carbons (Fsp3) is 0.240. The first-order valence-corrected chi connectivity index (χ1v) is 11.3. The average molecular weight is 490 g/mol. The number of non-ortho nitro benzene ring substituents is 1. The van der Waals surface area contributed by atoms with E-state index in [4.69, 9.17) is 9.47 Å². The first kappa shape index (κ1) is 23.1. The molecule has 2 aliphatic heterocycles. The summed E-state index contributed by atoms with van der Waals surface area (Å²) in [5, 5.41) is 22.7. The summed E-state index contributed by atoms with van der Waals surface area (Å²) >= 11 is 0. The van der Waals surface area contributed by atoms with E-state index in [0.717, 1.165) is 0 Å². The van der Waals surface area contributed by atoms with E-state index in [1.807, 2.05) is 4.57 Å². The van der Waals surface area contributed by atoms with Gasteiger partial charge in [0.05, 0.1) is 22.9 Å². The molecule has 2 aliphatic rings. The standard InChI is InChI=1S/C25H22N4O7/c30-23(17-5-6-19-20(14-17)36-12-11-35-19)21-22(16-3-1-4-18(13-16)29(33)34)28(25(32)24(21)31)9-2-8-27-10-7-26-15-27/h1,3-7,10,13-15,22,30H,2,8-9,11-12H2/t22-/m0/s1. The van der Waals surface area contributed by atoms with Gasteiger partial charge in [-0.25, -0.2) is 4.98 Å². The van der Waals surface area contributed by atoms with E-state index in [9.17, 15) is 24.8 Å². The number of Topliss-reactive ketones (excluding diaryl/α,β-unsaturated/α-hetero) is 1. The minimum Gasteiger partial charge on any atom is -0.507 e. The van der Waals surface area contributed by atoms with Crippen LogP contribution in [0.15, 0.2) is 66.8 Å². The molecule has 1 fully saturated rings. The van der Waals surface area contributed by atoms with Crippen LogP contribution in [0, 0.1) is 10.1 Å². The maximum atomic E-state index is 13.2. The van der Waals surface area contributed by atoms with Crippen LogP contribution in [0.2, 0.25) is 0 Å². The minimum atomic E-state index is -0.999. The number of aliphatic hydroxyl groups excluding tert-OH is 1. The van der Waals surface area contributed by atoms with E-state index in [1.54, 1.807) is 43.0 Å². The molecule has 0 saturated carbocycles. The number of aromatic nitrogens is 2. The topological polar surface area (TPSA) is 137 Å². The number of rotatable bonds is 7. The zero-order valence-electron chi connectivity index (χ0n) is 19.1. The van der Waals surface area contributed by atoms with Gasteiger partial charge in [-0.15, -0.1) is 0 Å². The number of nitro benzene ring substituents is 1. The van der Waals surface area contributed by atoms with Crippen LogP contribution in [-0.4, -0.2) is 55.9 Å². The number of ether oxygens (including phenoxy) is 2. The van der Waals surface area contributed by atoms with Crippen molar-refractivity contribution in [1.29, 1.82) is 0 Å². The number of likely N-dealkylation sites (tertiary alicyclic amines) is 1. The number of carbonyl (C=O) groups excluding carboxylic acids is 2. The molecule has 1 atom stereocenters. The van der Waals surface area contributed by atoms with E-state index in [1.165, 1.54) is 23.1 Å². The molecule has 0 unspecified atom stereocenters. The molecular formula is C25H22N4O7. The number of amides is 1. The summed E-state index contributed by atoms with van der Waals surface area (Å²) in [7, 11) is 0. The van der Waals surface area contributed by atoms with Gasteiger partial charge in [-0.3, -0.25) is 19.7 Å². The summed E-state index contributed by atoms with van der Waals surface area (Å²) in [6, 6.07) is 9.47. The molecule has 3 aromatic rings. The lowest BCUT2D eigenvalue weighted by atomic mass is 9.94. The molecule has 1 aromatic heterocycles. The van der Waals surface area contributed by atoms with Gasteiger partial charge >= 0.3 is 0 Å². The van der Waals surface area contributed by atoms with Crippen molar-refractivity contribution < 1.29 is 29.1 Å². The largest absolute Gasteiger partial charge is 0.507 e. The van der Waals surface area contributed by atoms with E-state index in [-0.39, 0.29) is 29.1 Å². The summed E-state index contributed by atoms with van der Waals surface area (Å²) in [5.41, 5.74) is 0.298. The molecule has 11 heteroatoms. The Morgan fingerprint density at radius 2 is 1.92 bits per heavy atom. The number of hydrogen-bond acceptors (Lipinski definition) is 8. The maximum absolute atomic E-state index is 13.2. The third-order valence-electron chi connectivity index (χ3n) is 6.13. The number of imidazole rings is 1. The normalized spacial score (nSPS) is 18.4. The summed E-state index contributed by atoms with van der Waals surface area (Å²) in [6.45, 7) is 1.47. The number of fused-ring (bicyclic) bond motifs is 1. The highest BCUT2D eigenvalue weighted by molar-refractivity contribution is 6.46. The first-order chi connectivity index (χ1) is 17.4. The van der Waals surface area contributed by atoms with Crippen LogP contribution >= 0.6 is 0 Å². The van der Waals surface area contributed by atoms with Crippen LogP contribution in [0.3, 0.4) is 0 Å². The number of aliphatic hydroxyl groups is 1. The van der Waals surface area contributed by atoms with E-state index < -0.39 is 22.7 Å². The molecule has 1 N–H and O–H groups in total. The molecule has 0 aliphatic carbocycles. The van der Waals surface area contributed by atoms with Crippen molar-refractivity contribution in [2.24, 2.45) is 0 Å². The van der Waals surface area contributed by atoms with Gasteiger partial charge in [0.2, 0.25) is 0 Å². The number of benzene rings is 2. The van der Waals surface area contributed by atoms with Gasteiger partial charge in [-0.2, -0.15) is 0 Å². The predicted molar refractivity (Wildman–Crippen MR) is 126 cm³/mol. The Morgan fingerprint density at radius 3 is 2.67 bits per heavy atom. The van der Waals surface area contributed by atoms with Gasteiger partial charge in [0.25, 0.3) is 17.4 Å². The monoisotopic (exact) mass is 490 g/mol. The van der Waals surface area contributed by atoms with E-state index in [0.29, 0.717) is 43.2 Å². The molecule has 1 saturated heterocycles. The first-order valence-electron chi connectivity index (χ1n) is 11.3. The smallest absolute Gasteiger partial charge is 0.295 e. The average Bonchev–Trinajstić information content (AvgIpc) is 3.50. The molecule has 5 rings (SSSR count). The number of aryl methyl sites for hydroxylation is 1. The number of carbonyl (C=O) groups is 2. The summed E-state index contributed by atoms with van der Waals surface area (Å²) < 4.78 is 12.9. The molecule has 1 amide bonds. The van der Waals surface area contributed by atoms with Gasteiger partial charge in [0.1, 0.15) is 19.0 Å². The molecule has 2 aromatic carbocycles. The van der Waals surface area contributed by atoms with Gasteiger partial charge in [0.15, 0.2) is 11.5 Å². The fourth-order valence-corrected chi connectivity index (χ4v) is 4.45. The van der Waals surface area contributed by atoms with Crippen molar-refractivity contribution in [2.75, 3.05) is 19.8 Å². The number of ketones is 1. The van der Waals surface area contributed by atoms with Crippen LogP contribution < -0.4 is 9.47 Å². The third-order valence-corrected chi connectivity index (χ3v) is 6.13. The zero-order chi connectivity index (χ0) is 25.2. The summed E-state index contributed by atoms with van der Waals surface area (Å²) in [5.74, 6) is -1.11. The SMILES string of the molecule is O=C1C(=O)N(CCCn2ccnc2)[C@@H](c2cccc([N+](=O)[O-])c2)C1=C(O)c1ccc2c(c1)OCCO2. The Morgan fingerprint density at radius 1 is 1.11 bits per heavy atom. The molecule has 0 radical (unpaired) electrons. The Labute approximate surface area is 205 Å². The minimum absolute atomic E-state index is 0.139. The molecule has 36 heavy (non-hydrogen) atoms. The van der Waals surface area contributed by atoms with Crippen molar-refractivity contribution in [3.63, 3.8) is 0 Å². The molecule has 11 nitrogen and oxygen atoms in total. The zero-order valence-corrected chi connectivity index (χ0v) is 19.1. The van der Waals surface area contributed by atoms with Crippen molar-refractivity contribution >= 4 is 23.1 Å². The molecule has 184 valence electrons. The van der Waals surface area contributed by atoms with Crippen molar-refractivity contribution in [1.82, 2.24) is 14.5 Å². The predicted octanol–water partition coefficient (Wildman–Crippen LogP) is 3.07. The second-order valence-corrected chi connectivity index (χ2v) is 8.36. The van der Waals surface area contributed by atoms with Gasteiger partial charge < -0.3 is 24.0 Å². The molecule has 0 spiro atoms. The lowest BCUT2D eigenvalue weighted by molar-refractivity contribution is -0.384. The third kappa shape index (κ3) is 4.26. The summed E-state index contributed by atoms with van der Waals surface area (Å²) in [4.78, 5) is 42.5. The van der Waals surface area contributed by atoms with Crippen molar-refractivity contribution in [3.05, 3.63) is 88.0 Å². The van der Waals surface area contributed by atoms with Crippen LogP contribution in [0.25, 0.3) is 5.76 Å². The van der Waals surface area contributed by atoms with Crippen LogP contribution in [0.4, 0.5) is 5.69 Å². The van der Waals surface area contributed by atoms with Crippen molar-refractivity contribution in [3.8, 4) is 11.5 Å². The maximum Gasteiger partial charge on any atom is 0.295 e. The van der Waals surface area contributed by atoms with Gasteiger partial charge in [-0.1, -0.05) is 12.1 Å². The molecule has 3 heterocycles. The second-order valence-electron chi connectivity index (χ2n) is 8.36.